The number of nitrogens with two attached hydrogens (primary N) is 1. The molecule has 0 amide bonds. The van der Waals surface area contributed by atoms with Crippen molar-refractivity contribution in [3.05, 3.63) is 41.1 Å². The van der Waals surface area contributed by atoms with Crippen molar-refractivity contribution in [2.24, 2.45) is 0 Å². The summed E-state index contributed by atoms with van der Waals surface area (Å²) < 4.78 is 6.02. The second-order valence-corrected chi connectivity index (χ2v) is 4.10. The quantitative estimate of drug-likeness (QED) is 0.816. The molecule has 0 saturated carbocycles. The van der Waals surface area contributed by atoms with E-state index in [1.165, 1.54) is 23.9 Å². The predicted molar refractivity (Wildman–Crippen MR) is 71.0 cm³/mol. The van der Waals surface area contributed by atoms with Crippen molar-refractivity contribution in [3.63, 3.8) is 0 Å². The summed E-state index contributed by atoms with van der Waals surface area (Å²) in [6.45, 7) is 1.64. The fourth-order valence-corrected chi connectivity index (χ4v) is 1.84. The number of carbonyl (C=O) groups excluding carboxylic acids is 1. The molecule has 0 saturated heterocycles. The molecule has 1 aromatic carbocycles. The number of aryl methyl sites for hydroxylation is 1. The minimum Gasteiger partial charge on any atom is -0.478 e. The van der Waals surface area contributed by atoms with Gasteiger partial charge in [-0.2, -0.15) is 5.10 Å². The van der Waals surface area contributed by atoms with Crippen molar-refractivity contribution in [3.8, 4) is 5.69 Å². The first kappa shape index (κ1) is 13.6. The Morgan fingerprint density at radius 1 is 1.30 bits per heavy atom. The van der Waals surface area contributed by atoms with Crippen LogP contribution in [0.4, 0.5) is 5.82 Å². The van der Waals surface area contributed by atoms with E-state index in [2.05, 4.69) is 9.84 Å². The third-order valence-corrected chi connectivity index (χ3v) is 2.84. The summed E-state index contributed by atoms with van der Waals surface area (Å²) in [6.07, 6.45) is 0. The molecule has 2 rings (SSSR count). The lowest BCUT2D eigenvalue weighted by molar-refractivity contribution is 0.0600. The number of methoxy groups -OCH3 is 1. The number of carboxylic acid groups (broad SMARTS) is 1. The fraction of sp³-hybridized carbons (Fsp3) is 0.154. The Bertz CT molecular complexity index is 674. The summed E-state index contributed by atoms with van der Waals surface area (Å²) in [4.78, 5) is 22.4. The van der Waals surface area contributed by atoms with Gasteiger partial charge in [-0.1, -0.05) is 0 Å². The van der Waals surface area contributed by atoms with Gasteiger partial charge in [-0.3, -0.25) is 0 Å². The average Bonchev–Trinajstić information content (AvgIpc) is 2.73. The van der Waals surface area contributed by atoms with Gasteiger partial charge in [-0.15, -0.1) is 0 Å². The molecular weight excluding hydrogens is 262 g/mol. The molecule has 0 aliphatic heterocycles. The zero-order valence-electron chi connectivity index (χ0n) is 11.0. The summed E-state index contributed by atoms with van der Waals surface area (Å²) in [5.74, 6) is -1.43. The third-order valence-electron chi connectivity index (χ3n) is 2.84. The van der Waals surface area contributed by atoms with E-state index in [0.717, 1.165) is 0 Å². The lowest BCUT2D eigenvalue weighted by Gasteiger charge is -2.05. The zero-order chi connectivity index (χ0) is 14.9. The van der Waals surface area contributed by atoms with Crippen LogP contribution < -0.4 is 5.73 Å². The first-order valence-corrected chi connectivity index (χ1v) is 5.73. The van der Waals surface area contributed by atoms with Gasteiger partial charge in [0.1, 0.15) is 11.4 Å². The largest absolute Gasteiger partial charge is 0.478 e. The van der Waals surface area contributed by atoms with Crippen LogP contribution in [0.15, 0.2) is 24.3 Å². The highest BCUT2D eigenvalue weighted by molar-refractivity contribution is 5.95. The van der Waals surface area contributed by atoms with Gasteiger partial charge in [0.25, 0.3) is 0 Å². The number of aromatic carboxylic acids is 1. The van der Waals surface area contributed by atoms with E-state index in [0.29, 0.717) is 11.4 Å². The molecule has 0 unspecified atom stereocenters. The summed E-state index contributed by atoms with van der Waals surface area (Å²) in [5, 5.41) is 13.0. The molecule has 104 valence electrons. The molecule has 0 spiro atoms. The van der Waals surface area contributed by atoms with Crippen molar-refractivity contribution in [2.45, 2.75) is 6.92 Å². The minimum atomic E-state index is -1.02. The van der Waals surface area contributed by atoms with Gasteiger partial charge in [0.05, 0.1) is 24.1 Å². The van der Waals surface area contributed by atoms with Gasteiger partial charge in [0, 0.05) is 0 Å². The highest BCUT2D eigenvalue weighted by Crippen LogP contribution is 2.21. The number of anilines is 1. The molecule has 0 fully saturated rings. The summed E-state index contributed by atoms with van der Waals surface area (Å²) in [6, 6.07) is 6.00. The Hall–Kier alpha value is -2.83. The lowest BCUT2D eigenvalue weighted by atomic mass is 10.2. The Balaban J connectivity index is 2.48. The average molecular weight is 275 g/mol. The fourth-order valence-electron chi connectivity index (χ4n) is 1.84. The Kier molecular flexibility index (Phi) is 3.43. The van der Waals surface area contributed by atoms with E-state index in [1.54, 1.807) is 19.1 Å². The third kappa shape index (κ3) is 2.20. The number of hydrogen-bond acceptors (Lipinski definition) is 5. The topological polar surface area (TPSA) is 107 Å². The van der Waals surface area contributed by atoms with E-state index in [4.69, 9.17) is 10.8 Å². The molecule has 7 nitrogen and oxygen atoms in total. The van der Waals surface area contributed by atoms with Gasteiger partial charge in [-0.05, 0) is 31.2 Å². The zero-order valence-corrected chi connectivity index (χ0v) is 11.0. The standard InChI is InChI=1S/C13H13N3O4/c1-7-10(13(19)20-2)11(14)16(15-7)9-5-3-8(4-6-9)12(17)18/h3-6H,14H2,1-2H3,(H,17,18). The number of nitrogen functional groups attached to an aromatic ring is 1. The maximum absolute atomic E-state index is 11.6. The van der Waals surface area contributed by atoms with E-state index < -0.39 is 11.9 Å². The van der Waals surface area contributed by atoms with Crippen molar-refractivity contribution in [1.29, 1.82) is 0 Å². The van der Waals surface area contributed by atoms with Crippen LogP contribution in [0.2, 0.25) is 0 Å². The van der Waals surface area contributed by atoms with Crippen molar-refractivity contribution in [1.82, 2.24) is 9.78 Å². The molecule has 20 heavy (non-hydrogen) atoms. The van der Waals surface area contributed by atoms with Crippen LogP contribution in [-0.2, 0) is 4.74 Å². The molecule has 3 N–H and O–H groups in total. The molecule has 7 heteroatoms. The number of esters is 1. The number of carboxylic acids is 1. The molecule has 0 atom stereocenters. The van der Waals surface area contributed by atoms with Crippen LogP contribution in [0.5, 0.6) is 0 Å². The molecule has 1 heterocycles. The minimum absolute atomic E-state index is 0.150. The number of hydrogen-bond donors (Lipinski definition) is 2. The van der Waals surface area contributed by atoms with Crippen LogP contribution in [0.3, 0.4) is 0 Å². The van der Waals surface area contributed by atoms with Crippen molar-refractivity contribution >= 4 is 17.8 Å². The predicted octanol–water partition coefficient (Wildman–Crippen LogP) is 1.25. The normalized spacial score (nSPS) is 10.3. The second-order valence-electron chi connectivity index (χ2n) is 4.10. The number of nitrogens with zero attached hydrogens (tertiary/aromatic N) is 2. The number of carbonyl (C=O) groups is 2. The second kappa shape index (κ2) is 5.04. The molecule has 2 aromatic rings. The van der Waals surface area contributed by atoms with Crippen LogP contribution in [0.1, 0.15) is 26.4 Å². The molecular formula is C13H13N3O4. The molecule has 1 aromatic heterocycles. The summed E-state index contributed by atoms with van der Waals surface area (Å²) in [7, 11) is 1.26. The highest BCUT2D eigenvalue weighted by atomic mass is 16.5. The van der Waals surface area contributed by atoms with Crippen LogP contribution in [-0.4, -0.2) is 33.9 Å². The lowest BCUT2D eigenvalue weighted by Crippen LogP contribution is -2.08. The molecule has 0 aliphatic rings. The number of rotatable bonds is 3. The number of aromatic nitrogens is 2. The first-order valence-electron chi connectivity index (χ1n) is 5.73. The molecule has 0 radical (unpaired) electrons. The van der Waals surface area contributed by atoms with Crippen LogP contribution in [0, 0.1) is 6.92 Å². The van der Waals surface area contributed by atoms with Crippen LogP contribution in [0.25, 0.3) is 5.69 Å². The van der Waals surface area contributed by atoms with E-state index in [9.17, 15) is 9.59 Å². The van der Waals surface area contributed by atoms with E-state index in [1.807, 2.05) is 0 Å². The monoisotopic (exact) mass is 275 g/mol. The maximum Gasteiger partial charge on any atom is 0.343 e. The van der Waals surface area contributed by atoms with Gasteiger partial charge >= 0.3 is 11.9 Å². The Labute approximate surface area is 114 Å². The SMILES string of the molecule is COC(=O)c1c(C)nn(-c2ccc(C(=O)O)cc2)c1N. The molecule has 0 aliphatic carbocycles. The first-order chi connectivity index (χ1) is 9.45. The Morgan fingerprint density at radius 2 is 1.90 bits per heavy atom. The van der Waals surface area contributed by atoms with Crippen molar-refractivity contribution in [2.75, 3.05) is 12.8 Å². The summed E-state index contributed by atoms with van der Waals surface area (Å²) >= 11 is 0. The van der Waals surface area contributed by atoms with E-state index in [-0.39, 0.29) is 16.9 Å². The van der Waals surface area contributed by atoms with Gasteiger partial charge in [0.2, 0.25) is 0 Å². The maximum atomic E-state index is 11.6. The van der Waals surface area contributed by atoms with Crippen molar-refractivity contribution < 1.29 is 19.4 Å². The smallest absolute Gasteiger partial charge is 0.343 e. The molecule has 0 bridgehead atoms. The summed E-state index contributed by atoms with van der Waals surface area (Å²) in [5.41, 5.74) is 7.26. The van der Waals surface area contributed by atoms with Gasteiger partial charge < -0.3 is 15.6 Å². The van der Waals surface area contributed by atoms with Gasteiger partial charge in [0.15, 0.2) is 0 Å². The van der Waals surface area contributed by atoms with Crippen LogP contribution >= 0.6 is 0 Å². The number of benzene rings is 1. The Morgan fingerprint density at radius 3 is 2.40 bits per heavy atom. The highest BCUT2D eigenvalue weighted by Gasteiger charge is 2.20. The van der Waals surface area contributed by atoms with E-state index >= 15 is 0 Å². The van der Waals surface area contributed by atoms with Gasteiger partial charge in [-0.25, -0.2) is 14.3 Å². The number of ether oxygens (including phenoxy) is 1.